The quantitative estimate of drug-likeness (QED) is 0.650. The number of aliphatic carboxylic acids is 1. The first-order valence-electron chi connectivity index (χ1n) is 3.51. The molecule has 0 aliphatic rings. The van der Waals surface area contributed by atoms with Gasteiger partial charge in [-0.15, -0.1) is 0 Å². The Morgan fingerprint density at radius 1 is 1.75 bits per heavy atom. The van der Waals surface area contributed by atoms with Crippen LogP contribution in [0, 0.1) is 0 Å². The Balaban J connectivity index is 3.70. The van der Waals surface area contributed by atoms with Crippen LogP contribution in [0.15, 0.2) is 0 Å². The molecule has 0 rings (SSSR count). The summed E-state index contributed by atoms with van der Waals surface area (Å²) in [6, 6.07) is -0.0553. The van der Waals surface area contributed by atoms with E-state index in [4.69, 9.17) is 28.7 Å². The summed E-state index contributed by atoms with van der Waals surface area (Å²) in [5, 5.41) is 8.40. The van der Waals surface area contributed by atoms with Crippen molar-refractivity contribution in [3.05, 3.63) is 0 Å². The molecule has 0 aliphatic heterocycles. The molecule has 0 radical (unpaired) electrons. The van der Waals surface area contributed by atoms with Crippen molar-refractivity contribution in [1.29, 1.82) is 0 Å². The largest absolute Gasteiger partial charge is 0.481 e. The minimum atomic E-state index is -0.826. The lowest BCUT2D eigenvalue weighted by molar-refractivity contribution is -0.137. The van der Waals surface area contributed by atoms with E-state index in [1.165, 1.54) is 4.42 Å². The molecule has 0 aromatic heterocycles. The maximum absolute atomic E-state index is 10.2. The molecular formula is C6H12Cl2N2O2. The van der Waals surface area contributed by atoms with Gasteiger partial charge in [-0.2, -0.15) is 0 Å². The fourth-order valence-electron chi connectivity index (χ4n) is 0.785. The van der Waals surface area contributed by atoms with Crippen molar-refractivity contribution >= 4 is 29.5 Å². The van der Waals surface area contributed by atoms with Gasteiger partial charge in [-0.05, 0) is 30.0 Å². The monoisotopic (exact) mass is 214 g/mol. The molecule has 4 nitrogen and oxygen atoms in total. The van der Waals surface area contributed by atoms with Crippen molar-refractivity contribution < 1.29 is 9.90 Å². The number of rotatable bonds is 6. The van der Waals surface area contributed by atoms with Crippen LogP contribution in [0.25, 0.3) is 0 Å². The fraction of sp³-hybridized carbons (Fsp3) is 0.833. The lowest BCUT2D eigenvalue weighted by atomic mass is 10.1. The van der Waals surface area contributed by atoms with E-state index in [0.717, 1.165) is 0 Å². The second kappa shape index (κ2) is 6.48. The van der Waals surface area contributed by atoms with Crippen LogP contribution < -0.4 is 4.84 Å². The number of nitrogens with one attached hydrogen (secondary N) is 1. The number of halogens is 2. The molecule has 0 heterocycles. The van der Waals surface area contributed by atoms with Gasteiger partial charge in [0.2, 0.25) is 0 Å². The van der Waals surface area contributed by atoms with E-state index in [-0.39, 0.29) is 12.5 Å². The maximum Gasteiger partial charge on any atom is 0.303 e. The first kappa shape index (κ1) is 12.0. The van der Waals surface area contributed by atoms with Crippen molar-refractivity contribution in [3.63, 3.8) is 0 Å². The highest BCUT2D eigenvalue weighted by Crippen LogP contribution is 2.06. The van der Waals surface area contributed by atoms with E-state index in [0.29, 0.717) is 13.0 Å². The number of carbonyl (C=O) groups is 1. The van der Waals surface area contributed by atoms with Crippen LogP contribution in [-0.2, 0) is 4.79 Å². The summed E-state index contributed by atoms with van der Waals surface area (Å²) in [6.45, 7) is 0.467. The van der Waals surface area contributed by atoms with E-state index in [1.807, 2.05) is 0 Å². The molecule has 0 saturated heterocycles. The summed E-state index contributed by atoms with van der Waals surface area (Å²) in [6.07, 6.45) is 0.579. The molecule has 0 bridgehead atoms. The average molecular weight is 215 g/mol. The number of likely N-dealkylation sites (N-methyl/N-ethyl adjacent to an activating group) is 1. The first-order chi connectivity index (χ1) is 5.57. The number of nitrogens with zero attached hydrogens (tertiary/aromatic N) is 1. The van der Waals surface area contributed by atoms with Crippen molar-refractivity contribution in [3.8, 4) is 0 Å². The molecule has 0 spiro atoms. The van der Waals surface area contributed by atoms with E-state index in [1.54, 1.807) is 7.05 Å². The second-order valence-corrected chi connectivity index (χ2v) is 3.25. The van der Waals surface area contributed by atoms with E-state index < -0.39 is 5.97 Å². The van der Waals surface area contributed by atoms with E-state index >= 15 is 0 Å². The predicted molar refractivity (Wildman–Crippen MR) is 48.1 cm³/mol. The van der Waals surface area contributed by atoms with Gasteiger partial charge in [0.25, 0.3) is 0 Å². The van der Waals surface area contributed by atoms with Crippen LogP contribution in [0.1, 0.15) is 12.8 Å². The van der Waals surface area contributed by atoms with Crippen molar-refractivity contribution in [2.24, 2.45) is 0 Å². The third kappa shape index (κ3) is 5.60. The highest BCUT2D eigenvalue weighted by molar-refractivity contribution is 6.14. The standard InChI is InChI=1S/C6H12Cl2N2O2/c1-10(8)5(4-9-7)2-3-6(11)12/h5,9H,2-4H2,1H3,(H,11,12)/t5-/m0/s1. The Kier molecular flexibility index (Phi) is 6.47. The fourth-order valence-corrected chi connectivity index (χ4v) is 1.13. The molecule has 6 heteroatoms. The minimum absolute atomic E-state index is 0.0553. The molecule has 0 aromatic carbocycles. The smallest absolute Gasteiger partial charge is 0.303 e. The number of hydrogen-bond donors (Lipinski definition) is 2. The molecule has 0 amide bonds. The zero-order valence-electron chi connectivity index (χ0n) is 6.76. The van der Waals surface area contributed by atoms with Crippen LogP contribution in [0.4, 0.5) is 0 Å². The van der Waals surface area contributed by atoms with Crippen LogP contribution >= 0.6 is 23.6 Å². The highest BCUT2D eigenvalue weighted by atomic mass is 35.5. The Labute approximate surface area is 81.7 Å². The van der Waals surface area contributed by atoms with E-state index in [9.17, 15) is 4.79 Å². The SMILES string of the molecule is CN(Cl)[C@@H](CCC(=O)O)CNCl. The first-order valence-corrected chi connectivity index (χ1v) is 4.23. The third-order valence-electron chi connectivity index (χ3n) is 1.51. The molecular weight excluding hydrogens is 203 g/mol. The molecule has 0 unspecified atom stereocenters. The summed E-state index contributed by atoms with van der Waals surface area (Å²) in [4.78, 5) is 12.6. The summed E-state index contributed by atoms with van der Waals surface area (Å²) < 4.78 is 1.43. The zero-order valence-corrected chi connectivity index (χ0v) is 8.27. The molecule has 12 heavy (non-hydrogen) atoms. The number of hydrogen-bond acceptors (Lipinski definition) is 3. The van der Waals surface area contributed by atoms with Gasteiger partial charge in [-0.3, -0.25) is 4.79 Å². The molecule has 0 saturated carbocycles. The van der Waals surface area contributed by atoms with Gasteiger partial charge in [-0.25, -0.2) is 9.25 Å². The predicted octanol–water partition coefficient (Wildman–Crippen LogP) is 1.05. The van der Waals surface area contributed by atoms with Gasteiger partial charge in [0.05, 0.1) is 0 Å². The Morgan fingerprint density at radius 3 is 2.67 bits per heavy atom. The van der Waals surface area contributed by atoms with Gasteiger partial charge in [0.1, 0.15) is 0 Å². The normalized spacial score (nSPS) is 13.3. The van der Waals surface area contributed by atoms with E-state index in [2.05, 4.69) is 4.84 Å². The number of carboxylic acids is 1. The third-order valence-corrected chi connectivity index (χ3v) is 1.94. The highest BCUT2D eigenvalue weighted by Gasteiger charge is 2.13. The van der Waals surface area contributed by atoms with Crippen LogP contribution in [0.5, 0.6) is 0 Å². The molecule has 0 aromatic rings. The van der Waals surface area contributed by atoms with Crippen LogP contribution in [0.3, 0.4) is 0 Å². The van der Waals surface area contributed by atoms with Crippen LogP contribution in [-0.4, -0.2) is 35.1 Å². The van der Waals surface area contributed by atoms with Gasteiger partial charge in [-0.1, -0.05) is 0 Å². The summed E-state index contributed by atoms with van der Waals surface area (Å²) in [5.41, 5.74) is 0. The Bertz CT molecular complexity index is 144. The lowest BCUT2D eigenvalue weighted by Crippen LogP contribution is -2.32. The molecule has 0 fully saturated rings. The summed E-state index contributed by atoms with van der Waals surface area (Å²) in [5.74, 6) is -0.826. The summed E-state index contributed by atoms with van der Waals surface area (Å²) in [7, 11) is 1.67. The average Bonchev–Trinajstić information content (AvgIpc) is 1.96. The van der Waals surface area contributed by atoms with Gasteiger partial charge in [0, 0.05) is 26.1 Å². The van der Waals surface area contributed by atoms with Gasteiger partial charge < -0.3 is 5.11 Å². The zero-order chi connectivity index (χ0) is 9.56. The second-order valence-electron chi connectivity index (χ2n) is 2.45. The Hall–Kier alpha value is -0.0300. The van der Waals surface area contributed by atoms with Crippen LogP contribution in [0.2, 0.25) is 0 Å². The minimum Gasteiger partial charge on any atom is -0.481 e. The molecule has 0 aliphatic carbocycles. The van der Waals surface area contributed by atoms with Gasteiger partial charge in [0.15, 0.2) is 0 Å². The Morgan fingerprint density at radius 2 is 2.33 bits per heavy atom. The molecule has 1 atom stereocenters. The topological polar surface area (TPSA) is 52.6 Å². The number of carboxylic acid groups (broad SMARTS) is 1. The van der Waals surface area contributed by atoms with Gasteiger partial charge >= 0.3 is 5.97 Å². The maximum atomic E-state index is 10.2. The van der Waals surface area contributed by atoms with Crippen molar-refractivity contribution in [2.45, 2.75) is 18.9 Å². The van der Waals surface area contributed by atoms with Crippen molar-refractivity contribution in [2.75, 3.05) is 13.6 Å². The summed E-state index contributed by atoms with van der Waals surface area (Å²) >= 11 is 10.9. The lowest BCUT2D eigenvalue weighted by Gasteiger charge is -2.19. The molecule has 2 N–H and O–H groups in total. The van der Waals surface area contributed by atoms with Crippen molar-refractivity contribution in [1.82, 2.24) is 9.25 Å². The molecule has 72 valence electrons.